The Morgan fingerprint density at radius 3 is 2.94 bits per heavy atom. The van der Waals surface area contributed by atoms with E-state index in [1.807, 2.05) is 11.8 Å². The molecule has 1 aromatic carbocycles. The Kier molecular flexibility index (Phi) is 5.36. The molecule has 1 unspecified atom stereocenters. The van der Waals surface area contributed by atoms with E-state index in [1.165, 1.54) is 30.2 Å². The molecule has 1 aliphatic heterocycles. The highest BCUT2D eigenvalue weighted by atomic mass is 32.2. The van der Waals surface area contributed by atoms with Gasteiger partial charge in [0.25, 0.3) is 0 Å². The molecule has 1 saturated heterocycles. The summed E-state index contributed by atoms with van der Waals surface area (Å²) in [5, 5.41) is 3.61. The van der Waals surface area contributed by atoms with Crippen LogP contribution in [0.2, 0.25) is 0 Å². The molecular weight excluding hydrogens is 228 g/mol. The Morgan fingerprint density at radius 1 is 1.35 bits per heavy atom. The molecular formula is C14H22N2S. The maximum absolute atomic E-state index is 3.61. The van der Waals surface area contributed by atoms with Crippen molar-refractivity contribution in [3.05, 3.63) is 35.9 Å². The molecule has 1 atom stereocenters. The fraction of sp³-hybridized carbons (Fsp3) is 0.571. The van der Waals surface area contributed by atoms with Crippen LogP contribution in [0.1, 0.15) is 18.5 Å². The van der Waals surface area contributed by atoms with Gasteiger partial charge in [-0.15, -0.1) is 0 Å². The Bertz CT molecular complexity index is 315. The smallest absolute Gasteiger partial charge is 0.0449 e. The Morgan fingerprint density at radius 2 is 2.18 bits per heavy atom. The van der Waals surface area contributed by atoms with Crippen LogP contribution in [0.25, 0.3) is 0 Å². The zero-order valence-electron chi connectivity index (χ0n) is 10.6. The van der Waals surface area contributed by atoms with Gasteiger partial charge in [0.1, 0.15) is 0 Å². The van der Waals surface area contributed by atoms with E-state index >= 15 is 0 Å². The normalized spacial score (nSPS) is 21.6. The third-order valence-electron chi connectivity index (χ3n) is 3.22. The first-order chi connectivity index (χ1) is 8.40. The predicted octanol–water partition coefficient (Wildman–Crippen LogP) is 2.39. The summed E-state index contributed by atoms with van der Waals surface area (Å²) in [4.78, 5) is 2.58. The van der Waals surface area contributed by atoms with Crippen LogP contribution in [-0.2, 0) is 0 Å². The highest BCUT2D eigenvalue weighted by Gasteiger charge is 2.19. The average molecular weight is 250 g/mol. The molecule has 0 spiro atoms. The summed E-state index contributed by atoms with van der Waals surface area (Å²) < 4.78 is 0. The fourth-order valence-corrected chi connectivity index (χ4v) is 2.94. The van der Waals surface area contributed by atoms with Gasteiger partial charge in [-0.25, -0.2) is 0 Å². The first-order valence-corrected chi connectivity index (χ1v) is 7.64. The predicted molar refractivity (Wildman–Crippen MR) is 76.6 cm³/mol. The van der Waals surface area contributed by atoms with Crippen LogP contribution in [0, 0.1) is 0 Å². The maximum Gasteiger partial charge on any atom is 0.0449 e. The molecule has 1 aliphatic rings. The van der Waals surface area contributed by atoms with Gasteiger partial charge in [-0.2, -0.15) is 11.8 Å². The molecule has 1 heterocycles. The van der Waals surface area contributed by atoms with Gasteiger partial charge >= 0.3 is 0 Å². The average Bonchev–Trinajstić information content (AvgIpc) is 2.41. The molecule has 0 bridgehead atoms. The standard InChI is InChI=1S/C14H22N2S/c1-2-17-11-10-16-9-8-15-14(12-16)13-6-4-3-5-7-13/h3-7,14-15H,2,8-12H2,1H3. The number of piperazine rings is 1. The van der Waals surface area contributed by atoms with Gasteiger partial charge in [-0.1, -0.05) is 37.3 Å². The summed E-state index contributed by atoms with van der Waals surface area (Å²) in [5.74, 6) is 2.49. The van der Waals surface area contributed by atoms with Crippen molar-refractivity contribution in [2.45, 2.75) is 13.0 Å². The summed E-state index contributed by atoms with van der Waals surface area (Å²) in [6, 6.07) is 11.3. The van der Waals surface area contributed by atoms with Crippen molar-refractivity contribution in [1.29, 1.82) is 0 Å². The van der Waals surface area contributed by atoms with Crippen LogP contribution in [0.5, 0.6) is 0 Å². The first kappa shape index (κ1) is 12.9. The van der Waals surface area contributed by atoms with E-state index in [0.29, 0.717) is 6.04 Å². The minimum Gasteiger partial charge on any atom is -0.308 e. The quantitative estimate of drug-likeness (QED) is 0.808. The SMILES string of the molecule is CCSCCN1CCNC(c2ccccc2)C1. The summed E-state index contributed by atoms with van der Waals surface area (Å²) in [6.07, 6.45) is 0. The number of hydrogen-bond donors (Lipinski definition) is 1. The second kappa shape index (κ2) is 7.04. The third-order valence-corrected chi connectivity index (χ3v) is 4.10. The number of nitrogens with zero attached hydrogens (tertiary/aromatic N) is 1. The molecule has 1 aromatic rings. The van der Waals surface area contributed by atoms with E-state index in [9.17, 15) is 0 Å². The second-order valence-electron chi connectivity index (χ2n) is 4.41. The van der Waals surface area contributed by atoms with Crippen molar-refractivity contribution in [3.63, 3.8) is 0 Å². The van der Waals surface area contributed by atoms with E-state index < -0.39 is 0 Å². The van der Waals surface area contributed by atoms with Crippen molar-refractivity contribution in [3.8, 4) is 0 Å². The second-order valence-corrected chi connectivity index (χ2v) is 5.81. The number of benzene rings is 1. The molecule has 2 nitrogen and oxygen atoms in total. The summed E-state index contributed by atoms with van der Waals surface area (Å²) in [7, 11) is 0. The number of rotatable bonds is 5. The third kappa shape index (κ3) is 4.02. The monoisotopic (exact) mass is 250 g/mol. The fourth-order valence-electron chi connectivity index (χ4n) is 2.26. The lowest BCUT2D eigenvalue weighted by atomic mass is 10.0. The van der Waals surface area contributed by atoms with E-state index in [2.05, 4.69) is 47.5 Å². The zero-order valence-corrected chi connectivity index (χ0v) is 11.4. The Hall–Kier alpha value is -0.510. The minimum atomic E-state index is 0.511. The van der Waals surface area contributed by atoms with Crippen LogP contribution in [-0.4, -0.2) is 42.6 Å². The van der Waals surface area contributed by atoms with Gasteiger partial charge in [-0.3, -0.25) is 4.90 Å². The molecule has 17 heavy (non-hydrogen) atoms. The van der Waals surface area contributed by atoms with Crippen LogP contribution in [0.15, 0.2) is 30.3 Å². The van der Waals surface area contributed by atoms with Crippen LogP contribution in [0.3, 0.4) is 0 Å². The van der Waals surface area contributed by atoms with Gasteiger partial charge in [0.05, 0.1) is 0 Å². The maximum atomic E-state index is 3.61. The topological polar surface area (TPSA) is 15.3 Å². The zero-order chi connectivity index (χ0) is 11.9. The van der Waals surface area contributed by atoms with Gasteiger partial charge in [0.15, 0.2) is 0 Å². The van der Waals surface area contributed by atoms with E-state index in [-0.39, 0.29) is 0 Å². The summed E-state index contributed by atoms with van der Waals surface area (Å²) in [6.45, 7) is 6.90. The largest absolute Gasteiger partial charge is 0.308 e. The molecule has 1 N–H and O–H groups in total. The number of hydrogen-bond acceptors (Lipinski definition) is 3. The lowest BCUT2D eigenvalue weighted by Crippen LogP contribution is -2.46. The van der Waals surface area contributed by atoms with Crippen molar-refractivity contribution in [2.24, 2.45) is 0 Å². The lowest BCUT2D eigenvalue weighted by molar-refractivity contribution is 0.211. The minimum absolute atomic E-state index is 0.511. The van der Waals surface area contributed by atoms with E-state index in [1.54, 1.807) is 0 Å². The highest BCUT2D eigenvalue weighted by molar-refractivity contribution is 7.99. The van der Waals surface area contributed by atoms with Gasteiger partial charge in [-0.05, 0) is 11.3 Å². The molecule has 0 aliphatic carbocycles. The molecule has 3 heteroatoms. The molecule has 2 rings (SSSR count). The van der Waals surface area contributed by atoms with Gasteiger partial charge in [0.2, 0.25) is 0 Å². The van der Waals surface area contributed by atoms with Gasteiger partial charge < -0.3 is 5.32 Å². The number of thioether (sulfide) groups is 1. The Labute approximate surface area is 109 Å². The van der Waals surface area contributed by atoms with Crippen LogP contribution >= 0.6 is 11.8 Å². The van der Waals surface area contributed by atoms with Crippen molar-refractivity contribution in [2.75, 3.05) is 37.7 Å². The summed E-state index contributed by atoms with van der Waals surface area (Å²) >= 11 is 2.04. The lowest BCUT2D eigenvalue weighted by Gasteiger charge is -2.33. The highest BCUT2D eigenvalue weighted by Crippen LogP contribution is 2.17. The van der Waals surface area contributed by atoms with Gasteiger partial charge in [0, 0.05) is 38.0 Å². The molecule has 1 fully saturated rings. The molecule has 0 amide bonds. The summed E-state index contributed by atoms with van der Waals surface area (Å²) in [5.41, 5.74) is 1.42. The van der Waals surface area contributed by atoms with Crippen LogP contribution < -0.4 is 5.32 Å². The van der Waals surface area contributed by atoms with Crippen molar-refractivity contribution in [1.82, 2.24) is 10.2 Å². The molecule has 94 valence electrons. The molecule has 0 saturated carbocycles. The van der Waals surface area contributed by atoms with Crippen molar-refractivity contribution < 1.29 is 0 Å². The molecule has 0 radical (unpaired) electrons. The van der Waals surface area contributed by atoms with Crippen molar-refractivity contribution >= 4 is 11.8 Å². The first-order valence-electron chi connectivity index (χ1n) is 6.48. The number of nitrogens with one attached hydrogen (secondary N) is 1. The molecule has 0 aromatic heterocycles. The van der Waals surface area contributed by atoms with Crippen LogP contribution in [0.4, 0.5) is 0 Å². The van der Waals surface area contributed by atoms with E-state index in [0.717, 1.165) is 13.1 Å². The Balaban J connectivity index is 1.84. The van der Waals surface area contributed by atoms with E-state index in [4.69, 9.17) is 0 Å².